The molecular formula is C14H20BrN3. The molecule has 1 aromatic carbocycles. The molecule has 0 fully saturated rings. The van der Waals surface area contributed by atoms with Crippen LogP contribution in [0.1, 0.15) is 39.0 Å². The summed E-state index contributed by atoms with van der Waals surface area (Å²) in [5.74, 6) is 0. The van der Waals surface area contributed by atoms with E-state index in [-0.39, 0.29) is 17.0 Å². The second-order valence-corrected chi connectivity index (χ2v) is 4.40. The van der Waals surface area contributed by atoms with Gasteiger partial charge >= 0.3 is 0 Å². The number of allylic oxidation sites excluding steroid dienone is 1. The monoisotopic (exact) mass is 309 g/mol. The van der Waals surface area contributed by atoms with E-state index in [2.05, 4.69) is 35.6 Å². The van der Waals surface area contributed by atoms with Crippen LogP contribution in [0.25, 0.3) is 0 Å². The first-order valence-corrected chi connectivity index (χ1v) is 6.45. The maximum atomic E-state index is 4.24. The first-order valence-electron chi connectivity index (χ1n) is 6.45. The molecule has 0 bridgehead atoms. The Morgan fingerprint density at radius 1 is 1.06 bits per heavy atom. The molecule has 1 atom stereocenters. The van der Waals surface area contributed by atoms with Crippen LogP contribution in [-0.4, -0.2) is 0 Å². The van der Waals surface area contributed by atoms with E-state index in [1.54, 1.807) is 0 Å². The molecule has 18 heavy (non-hydrogen) atoms. The van der Waals surface area contributed by atoms with Gasteiger partial charge in [-0.15, -0.1) is 5.01 Å². The molecule has 0 aliphatic carbocycles. The van der Waals surface area contributed by atoms with Crippen LogP contribution in [-0.2, 0) is 0 Å². The van der Waals surface area contributed by atoms with Crippen LogP contribution in [0, 0.1) is 0 Å². The van der Waals surface area contributed by atoms with Crippen LogP contribution in [0.15, 0.2) is 52.6 Å². The summed E-state index contributed by atoms with van der Waals surface area (Å²) in [4.78, 5) is 0. The molecule has 3 nitrogen and oxygen atoms in total. The smallest absolute Gasteiger partial charge is 0.163 e. The number of halogens is 1. The number of rotatable bonds is 6. The fraction of sp³-hybridized carbons (Fsp3) is 0.429. The summed E-state index contributed by atoms with van der Waals surface area (Å²) < 4.78 is 0. The molecule has 0 saturated heterocycles. The van der Waals surface area contributed by atoms with Crippen molar-refractivity contribution in [2.24, 2.45) is 10.3 Å². The van der Waals surface area contributed by atoms with Crippen LogP contribution in [0.5, 0.6) is 0 Å². The van der Waals surface area contributed by atoms with Gasteiger partial charge in [0.05, 0.1) is 0 Å². The van der Waals surface area contributed by atoms with E-state index in [9.17, 15) is 0 Å². The van der Waals surface area contributed by atoms with E-state index < -0.39 is 0 Å². The summed E-state index contributed by atoms with van der Waals surface area (Å²) in [6.45, 7) is 2.23. The van der Waals surface area contributed by atoms with E-state index in [1.807, 2.05) is 18.2 Å². The van der Waals surface area contributed by atoms with Crippen molar-refractivity contribution < 1.29 is 22.0 Å². The van der Waals surface area contributed by atoms with Gasteiger partial charge in [-0.3, -0.25) is 0 Å². The third-order valence-electron chi connectivity index (χ3n) is 2.95. The van der Waals surface area contributed by atoms with Crippen LogP contribution in [0.3, 0.4) is 0 Å². The van der Waals surface area contributed by atoms with Gasteiger partial charge in [0.1, 0.15) is 5.70 Å². The molecule has 0 aromatic heterocycles. The van der Waals surface area contributed by atoms with Crippen molar-refractivity contribution in [2.45, 2.75) is 39.0 Å². The molecule has 1 aromatic rings. The van der Waals surface area contributed by atoms with Crippen molar-refractivity contribution in [1.29, 1.82) is 0 Å². The molecule has 2 rings (SSSR count). The highest BCUT2D eigenvalue weighted by molar-refractivity contribution is 5.28. The third-order valence-corrected chi connectivity index (χ3v) is 2.95. The molecule has 1 unspecified atom stereocenters. The van der Waals surface area contributed by atoms with E-state index in [4.69, 9.17) is 0 Å². The number of unbranched alkanes of at least 4 members (excludes halogenated alkanes) is 3. The lowest BCUT2D eigenvalue weighted by molar-refractivity contribution is -0.783. The molecular weight excluding hydrogens is 290 g/mol. The van der Waals surface area contributed by atoms with Crippen LogP contribution in [0.4, 0.5) is 5.69 Å². The van der Waals surface area contributed by atoms with Gasteiger partial charge in [0.15, 0.2) is 11.9 Å². The Morgan fingerprint density at radius 3 is 2.56 bits per heavy atom. The molecule has 0 spiro atoms. The Balaban J connectivity index is 0.00000162. The number of hydrogen-bond donors (Lipinski definition) is 1. The van der Waals surface area contributed by atoms with Gasteiger partial charge in [0, 0.05) is 17.4 Å². The maximum Gasteiger partial charge on any atom is 0.163 e. The van der Waals surface area contributed by atoms with E-state index >= 15 is 0 Å². The molecule has 98 valence electrons. The third kappa shape index (κ3) is 4.35. The predicted octanol–water partition coefficient (Wildman–Crippen LogP) is 0.400. The predicted molar refractivity (Wildman–Crippen MR) is 68.8 cm³/mol. The zero-order valence-corrected chi connectivity index (χ0v) is 12.4. The Labute approximate surface area is 119 Å². The fourth-order valence-corrected chi connectivity index (χ4v) is 1.94. The molecule has 1 aliphatic rings. The Kier molecular flexibility index (Phi) is 6.83. The zero-order valence-electron chi connectivity index (χ0n) is 10.8. The van der Waals surface area contributed by atoms with Gasteiger partial charge in [-0.05, 0) is 12.8 Å². The maximum absolute atomic E-state index is 4.24. The summed E-state index contributed by atoms with van der Waals surface area (Å²) in [6.07, 6.45) is 8.29. The SMILES string of the molecule is CCCCCCC1=C[NH+](c2ccccc2)N=N1.[Br-]. The molecule has 1 heterocycles. The number of quaternary nitrogens is 1. The lowest BCUT2D eigenvalue weighted by Crippen LogP contribution is -3.00. The number of benzene rings is 1. The average Bonchev–Trinajstić information content (AvgIpc) is 2.85. The lowest BCUT2D eigenvalue weighted by Gasteiger charge is -2.00. The van der Waals surface area contributed by atoms with E-state index in [1.165, 1.54) is 25.7 Å². The van der Waals surface area contributed by atoms with Crippen LogP contribution in [0.2, 0.25) is 0 Å². The summed E-state index contributed by atoms with van der Waals surface area (Å²) in [5.41, 5.74) is 2.28. The minimum atomic E-state index is 0. The van der Waals surface area contributed by atoms with Crippen molar-refractivity contribution in [3.8, 4) is 0 Å². The second kappa shape index (κ2) is 8.16. The van der Waals surface area contributed by atoms with Crippen molar-refractivity contribution in [3.63, 3.8) is 0 Å². The molecule has 4 heteroatoms. The van der Waals surface area contributed by atoms with Gasteiger partial charge in [0.25, 0.3) is 0 Å². The normalized spacial score (nSPS) is 17.4. The van der Waals surface area contributed by atoms with Crippen LogP contribution >= 0.6 is 0 Å². The standard InChI is InChI=1S/C14H19N3.BrH/c1-2-3-4-6-9-13-12-17(16-15-13)14-10-7-5-8-11-14;/h5,7-8,10-12H,2-4,6,9H2,1H3;1H. The summed E-state index contributed by atoms with van der Waals surface area (Å²) in [6, 6.07) is 10.2. The topological polar surface area (TPSA) is 29.2 Å². The number of hydrogen-bond acceptors (Lipinski definition) is 2. The Bertz CT molecular complexity index is 401. The molecule has 0 radical (unpaired) electrons. The van der Waals surface area contributed by atoms with Crippen molar-refractivity contribution in [3.05, 3.63) is 42.2 Å². The summed E-state index contributed by atoms with van der Waals surface area (Å²) >= 11 is 0. The Hall–Kier alpha value is -1.00. The lowest BCUT2D eigenvalue weighted by atomic mass is 10.1. The van der Waals surface area contributed by atoms with Gasteiger partial charge in [-0.1, -0.05) is 49.5 Å². The number of nitrogens with zero attached hydrogens (tertiary/aromatic N) is 2. The van der Waals surface area contributed by atoms with Gasteiger partial charge in [-0.2, -0.15) is 0 Å². The average molecular weight is 310 g/mol. The number of nitrogens with one attached hydrogen (secondary N) is 1. The fourth-order valence-electron chi connectivity index (χ4n) is 1.94. The first-order chi connectivity index (χ1) is 8.40. The highest BCUT2D eigenvalue weighted by Crippen LogP contribution is 2.13. The zero-order chi connectivity index (χ0) is 11.9. The largest absolute Gasteiger partial charge is 1.00 e. The molecule has 0 amide bonds. The minimum Gasteiger partial charge on any atom is -1.00 e. The highest BCUT2D eigenvalue weighted by atomic mass is 79.9. The summed E-state index contributed by atoms with van der Waals surface area (Å²) in [7, 11) is 0. The van der Waals surface area contributed by atoms with E-state index in [0.717, 1.165) is 22.8 Å². The van der Waals surface area contributed by atoms with Crippen molar-refractivity contribution in [1.82, 2.24) is 0 Å². The summed E-state index contributed by atoms with van der Waals surface area (Å²) in [5, 5.41) is 9.47. The van der Waals surface area contributed by atoms with E-state index in [0.29, 0.717) is 0 Å². The van der Waals surface area contributed by atoms with Gasteiger partial charge < -0.3 is 17.0 Å². The minimum absolute atomic E-state index is 0. The molecule has 0 saturated carbocycles. The highest BCUT2D eigenvalue weighted by Gasteiger charge is 2.16. The first kappa shape index (κ1) is 15.1. The quantitative estimate of drug-likeness (QED) is 0.737. The van der Waals surface area contributed by atoms with Gasteiger partial charge in [0.2, 0.25) is 0 Å². The Morgan fingerprint density at radius 2 is 1.83 bits per heavy atom. The number of para-hydroxylation sites is 1. The second-order valence-electron chi connectivity index (χ2n) is 4.40. The van der Waals surface area contributed by atoms with Crippen molar-refractivity contribution >= 4 is 5.69 Å². The molecule has 1 N–H and O–H groups in total. The van der Waals surface area contributed by atoms with Crippen LogP contribution < -0.4 is 22.0 Å². The van der Waals surface area contributed by atoms with Gasteiger partial charge in [-0.25, -0.2) is 0 Å². The molecule has 1 aliphatic heterocycles. The van der Waals surface area contributed by atoms with Crippen molar-refractivity contribution in [2.75, 3.05) is 0 Å².